The van der Waals surface area contributed by atoms with Crippen molar-refractivity contribution >= 4 is 12.3 Å². The van der Waals surface area contributed by atoms with Crippen LogP contribution in [-0.2, 0) is 14.1 Å². The summed E-state index contributed by atoms with van der Waals surface area (Å²) in [5.74, 6) is 0. The van der Waals surface area contributed by atoms with Crippen molar-refractivity contribution in [1.82, 2.24) is 9.13 Å². The zero-order valence-electron chi connectivity index (χ0n) is 5.81. The summed E-state index contributed by atoms with van der Waals surface area (Å²) in [7, 11) is 3.88. The molecule has 0 amide bonds. The number of hydrogen-bond donors (Lipinski definition) is 0. The average molecular weight is 122 g/mol. The van der Waals surface area contributed by atoms with Crippen LogP contribution >= 0.6 is 0 Å². The molecule has 0 N–H and O–H groups in total. The van der Waals surface area contributed by atoms with Gasteiger partial charge in [0.25, 0.3) is 0 Å². The first kappa shape index (κ1) is 5.99. The van der Waals surface area contributed by atoms with Crippen molar-refractivity contribution < 1.29 is 0 Å². The number of hydrogen-bond acceptors (Lipinski definition) is 0. The minimum atomic E-state index is 0.986. The zero-order chi connectivity index (χ0) is 7.02. The second-order valence-corrected chi connectivity index (χ2v) is 2.03. The standard InChI is InChI=1S/C7H10N2/c1-5-7-8(3)6(2)9(7)4/h1-2H2,3-4H3. The fourth-order valence-electron chi connectivity index (χ4n) is 0.887. The van der Waals surface area contributed by atoms with Crippen LogP contribution < -0.4 is 11.0 Å². The Labute approximate surface area is 54.0 Å². The van der Waals surface area contributed by atoms with Gasteiger partial charge in [-0.1, -0.05) is 18.9 Å². The molecule has 2 nitrogen and oxygen atoms in total. The summed E-state index contributed by atoms with van der Waals surface area (Å²) in [5, 5.41) is 0. The molecule has 0 radical (unpaired) electrons. The van der Waals surface area contributed by atoms with Crippen LogP contribution in [0.3, 0.4) is 0 Å². The third-order valence-electron chi connectivity index (χ3n) is 1.57. The van der Waals surface area contributed by atoms with Crippen LogP contribution in [0.2, 0.25) is 0 Å². The van der Waals surface area contributed by atoms with Gasteiger partial charge in [0.1, 0.15) is 5.48 Å². The van der Waals surface area contributed by atoms with Gasteiger partial charge in [-0.3, -0.25) is 0 Å². The quantitative estimate of drug-likeness (QED) is 0.432. The zero-order valence-corrected chi connectivity index (χ0v) is 5.81. The Hall–Kier alpha value is -1.14. The SMILES string of the molecule is C=C=c1n(C)c(=C)n1C. The molecular weight excluding hydrogens is 112 g/mol. The molecule has 48 valence electrons. The van der Waals surface area contributed by atoms with Gasteiger partial charge in [-0.2, -0.15) is 0 Å². The van der Waals surface area contributed by atoms with E-state index in [4.69, 9.17) is 0 Å². The molecule has 2 heteroatoms. The Bertz CT molecular complexity index is 310. The van der Waals surface area contributed by atoms with Gasteiger partial charge >= 0.3 is 0 Å². The van der Waals surface area contributed by atoms with E-state index in [9.17, 15) is 0 Å². The van der Waals surface area contributed by atoms with Gasteiger partial charge in [0.2, 0.25) is 0 Å². The lowest BCUT2D eigenvalue weighted by atomic mass is 10.6. The second-order valence-electron chi connectivity index (χ2n) is 2.03. The van der Waals surface area contributed by atoms with Crippen LogP contribution in [0.5, 0.6) is 0 Å². The van der Waals surface area contributed by atoms with Crippen molar-refractivity contribution in [3.63, 3.8) is 0 Å². The lowest BCUT2D eigenvalue weighted by molar-refractivity contribution is 0.566. The first-order valence-corrected chi connectivity index (χ1v) is 2.75. The van der Waals surface area contributed by atoms with Crippen LogP contribution in [0.15, 0.2) is 6.58 Å². The highest BCUT2D eigenvalue weighted by Gasteiger charge is 1.94. The lowest BCUT2D eigenvalue weighted by Crippen LogP contribution is -2.51. The summed E-state index contributed by atoms with van der Waals surface area (Å²) in [5.41, 5.74) is 4.76. The maximum Gasteiger partial charge on any atom is 0.159 e. The van der Waals surface area contributed by atoms with E-state index in [2.05, 4.69) is 18.9 Å². The monoisotopic (exact) mass is 122 g/mol. The lowest BCUT2D eigenvalue weighted by Gasteiger charge is -2.12. The van der Waals surface area contributed by atoms with Gasteiger partial charge in [-0.05, 0) is 0 Å². The van der Waals surface area contributed by atoms with Crippen LogP contribution in [0.1, 0.15) is 0 Å². The highest BCUT2D eigenvalue weighted by molar-refractivity contribution is 5.09. The summed E-state index contributed by atoms with van der Waals surface area (Å²) in [4.78, 5) is 0. The fourth-order valence-corrected chi connectivity index (χ4v) is 0.887. The van der Waals surface area contributed by atoms with Gasteiger partial charge in [-0.25, -0.2) is 0 Å². The van der Waals surface area contributed by atoms with E-state index in [0.29, 0.717) is 0 Å². The van der Waals surface area contributed by atoms with Crippen LogP contribution in [0, 0.1) is 0 Å². The Kier molecular flexibility index (Phi) is 1.11. The molecule has 0 bridgehead atoms. The van der Waals surface area contributed by atoms with Crippen molar-refractivity contribution in [2.75, 3.05) is 0 Å². The van der Waals surface area contributed by atoms with E-state index in [-0.39, 0.29) is 0 Å². The van der Waals surface area contributed by atoms with Crippen molar-refractivity contribution in [2.24, 2.45) is 14.1 Å². The van der Waals surface area contributed by atoms with E-state index in [1.165, 1.54) is 0 Å². The number of nitrogens with zero attached hydrogens (tertiary/aromatic N) is 2. The first-order chi connectivity index (χ1) is 4.18. The number of rotatable bonds is 0. The Balaban J connectivity index is 3.62. The third-order valence-corrected chi connectivity index (χ3v) is 1.57. The summed E-state index contributed by atoms with van der Waals surface area (Å²) in [6.07, 6.45) is 0. The van der Waals surface area contributed by atoms with Crippen LogP contribution in [0.4, 0.5) is 0 Å². The van der Waals surface area contributed by atoms with Crippen LogP contribution in [-0.4, -0.2) is 9.13 Å². The molecule has 0 aliphatic rings. The molecule has 0 saturated carbocycles. The molecule has 0 aliphatic carbocycles. The van der Waals surface area contributed by atoms with E-state index < -0.39 is 0 Å². The summed E-state index contributed by atoms with van der Waals surface area (Å²) < 4.78 is 3.88. The molecule has 1 rings (SSSR count). The average Bonchev–Trinajstić information content (AvgIpc) is 1.89. The van der Waals surface area contributed by atoms with Gasteiger partial charge in [0, 0.05) is 14.1 Å². The molecule has 0 aliphatic heterocycles. The fraction of sp³-hybridized carbons (Fsp3) is 0.286. The van der Waals surface area contributed by atoms with Crippen molar-refractivity contribution in [1.29, 1.82) is 0 Å². The second kappa shape index (κ2) is 1.67. The highest BCUT2D eigenvalue weighted by atomic mass is 15.2. The topological polar surface area (TPSA) is 9.86 Å². The molecule has 0 saturated heterocycles. The molecule has 9 heavy (non-hydrogen) atoms. The Morgan fingerprint density at radius 1 is 1.33 bits per heavy atom. The highest BCUT2D eigenvalue weighted by Crippen LogP contribution is 1.60. The smallest absolute Gasteiger partial charge is 0.159 e. The summed E-state index contributed by atoms with van der Waals surface area (Å²) in [6.45, 7) is 7.32. The molecule has 1 aromatic heterocycles. The molecule has 0 unspecified atom stereocenters. The number of aromatic nitrogens is 2. The minimum absolute atomic E-state index is 0.986. The van der Waals surface area contributed by atoms with E-state index in [1.54, 1.807) is 0 Å². The summed E-state index contributed by atoms with van der Waals surface area (Å²) >= 11 is 0. The Morgan fingerprint density at radius 3 is 2.00 bits per heavy atom. The largest absolute Gasteiger partial charge is 0.311 e. The molecule has 0 atom stereocenters. The molecule has 0 aromatic carbocycles. The maximum absolute atomic E-state index is 3.78. The molecule has 1 heterocycles. The van der Waals surface area contributed by atoms with Crippen LogP contribution in [0.25, 0.3) is 12.3 Å². The van der Waals surface area contributed by atoms with E-state index in [0.717, 1.165) is 11.0 Å². The Morgan fingerprint density at radius 2 is 1.78 bits per heavy atom. The third kappa shape index (κ3) is 0.570. The van der Waals surface area contributed by atoms with Gasteiger partial charge in [0.15, 0.2) is 5.48 Å². The van der Waals surface area contributed by atoms with E-state index >= 15 is 0 Å². The van der Waals surface area contributed by atoms with Gasteiger partial charge in [0.05, 0.1) is 0 Å². The molecule has 1 aromatic rings. The normalized spacial score (nSPS) is 9.56. The molecule has 0 fully saturated rings. The molecule has 0 spiro atoms. The van der Waals surface area contributed by atoms with E-state index in [1.807, 2.05) is 23.2 Å². The van der Waals surface area contributed by atoms with Crippen molar-refractivity contribution in [2.45, 2.75) is 0 Å². The first-order valence-electron chi connectivity index (χ1n) is 2.75. The minimum Gasteiger partial charge on any atom is -0.311 e. The molecular formula is C7H10N2. The van der Waals surface area contributed by atoms with Crippen molar-refractivity contribution in [3.8, 4) is 0 Å². The van der Waals surface area contributed by atoms with Gasteiger partial charge < -0.3 is 9.13 Å². The maximum atomic E-state index is 3.78. The van der Waals surface area contributed by atoms with Crippen molar-refractivity contribution in [3.05, 3.63) is 17.5 Å². The predicted molar refractivity (Wildman–Crippen MR) is 38.2 cm³/mol. The van der Waals surface area contributed by atoms with Gasteiger partial charge in [-0.15, -0.1) is 0 Å². The predicted octanol–water partition coefficient (Wildman–Crippen LogP) is -0.661. The summed E-state index contributed by atoms with van der Waals surface area (Å²) in [6, 6.07) is 0.